The van der Waals surface area contributed by atoms with Gasteiger partial charge in [-0.25, -0.2) is 9.59 Å². The van der Waals surface area contributed by atoms with E-state index in [-0.39, 0.29) is 24.1 Å². The average molecular weight is 525 g/mol. The number of nitrogens with one attached hydrogen (secondary N) is 2. The Hall–Kier alpha value is -2.60. The highest BCUT2D eigenvalue weighted by Crippen LogP contribution is 2.23. The molecule has 12 nitrogen and oxygen atoms in total. The van der Waals surface area contributed by atoms with Gasteiger partial charge in [0.1, 0.15) is 11.7 Å². The molecule has 0 bridgehead atoms. The van der Waals surface area contributed by atoms with E-state index in [1.807, 2.05) is 9.80 Å². The van der Waals surface area contributed by atoms with Crippen LogP contribution in [0.2, 0.25) is 0 Å². The number of likely N-dealkylation sites (tertiary alicyclic amines) is 1. The number of carbonyl (C=O) groups excluding carboxylic acids is 3. The lowest BCUT2D eigenvalue weighted by molar-refractivity contribution is -0.142. The maximum atomic E-state index is 12.4. The van der Waals surface area contributed by atoms with Gasteiger partial charge in [-0.15, -0.1) is 0 Å². The zero-order valence-electron chi connectivity index (χ0n) is 22.8. The number of guanidine groups is 1. The maximum Gasteiger partial charge on any atom is 0.414 e. The van der Waals surface area contributed by atoms with Gasteiger partial charge in [-0.05, 0) is 52.4 Å². The van der Waals surface area contributed by atoms with Crippen LogP contribution in [0.1, 0.15) is 46.5 Å². The number of alkyl carbamates (subject to hydrolysis) is 1. The van der Waals surface area contributed by atoms with Crippen molar-refractivity contribution in [3.05, 3.63) is 0 Å². The molecule has 1 unspecified atom stereocenters. The fourth-order valence-corrected chi connectivity index (χ4v) is 5.01. The van der Waals surface area contributed by atoms with Crippen LogP contribution in [-0.4, -0.2) is 128 Å². The van der Waals surface area contributed by atoms with Crippen LogP contribution in [-0.2, 0) is 19.0 Å². The SMILES string of the molecule is COC(=O)CN1CCN(CC2CN(CCCC3CCN(C(=N)NC(=O)OC(C)(C)C)CC3)C(=O)O2)CC1. The number of piperazine rings is 1. The Kier molecular flexibility index (Phi) is 10.4. The molecule has 3 saturated heterocycles. The molecular weight excluding hydrogens is 480 g/mol. The summed E-state index contributed by atoms with van der Waals surface area (Å²) in [4.78, 5) is 43.8. The molecule has 0 aromatic rings. The topological polar surface area (TPSA) is 128 Å². The molecule has 0 radical (unpaired) electrons. The monoisotopic (exact) mass is 524 g/mol. The number of piperidine rings is 1. The summed E-state index contributed by atoms with van der Waals surface area (Å²) in [6, 6.07) is 0. The highest BCUT2D eigenvalue weighted by atomic mass is 16.6. The Morgan fingerprint density at radius 2 is 1.73 bits per heavy atom. The van der Waals surface area contributed by atoms with Crippen LogP contribution in [0.25, 0.3) is 0 Å². The van der Waals surface area contributed by atoms with E-state index < -0.39 is 11.7 Å². The van der Waals surface area contributed by atoms with Crippen molar-refractivity contribution < 1.29 is 28.6 Å². The van der Waals surface area contributed by atoms with Gasteiger partial charge in [0, 0.05) is 52.4 Å². The molecule has 3 aliphatic heterocycles. The number of esters is 1. The predicted octanol–water partition coefficient (Wildman–Crippen LogP) is 1.55. The highest BCUT2D eigenvalue weighted by molar-refractivity contribution is 5.92. The van der Waals surface area contributed by atoms with Crippen LogP contribution in [0.5, 0.6) is 0 Å². The second-order valence-electron chi connectivity index (χ2n) is 11.2. The molecule has 2 N–H and O–H groups in total. The van der Waals surface area contributed by atoms with Crippen molar-refractivity contribution >= 4 is 24.1 Å². The molecule has 1 atom stereocenters. The quantitative estimate of drug-likeness (QED) is 0.210. The third-order valence-corrected chi connectivity index (χ3v) is 7.05. The van der Waals surface area contributed by atoms with Crippen molar-refractivity contribution in [3.8, 4) is 0 Å². The molecule has 2 amide bonds. The molecule has 3 heterocycles. The predicted molar refractivity (Wildman–Crippen MR) is 137 cm³/mol. The van der Waals surface area contributed by atoms with Crippen molar-refractivity contribution in [3.63, 3.8) is 0 Å². The van der Waals surface area contributed by atoms with Crippen molar-refractivity contribution in [2.45, 2.75) is 58.2 Å². The molecule has 0 aromatic heterocycles. The molecule has 0 aliphatic carbocycles. The van der Waals surface area contributed by atoms with E-state index >= 15 is 0 Å². The third-order valence-electron chi connectivity index (χ3n) is 7.05. The summed E-state index contributed by atoms with van der Waals surface area (Å²) < 4.78 is 15.6. The average Bonchev–Trinajstić information content (AvgIpc) is 3.18. The molecule has 0 aromatic carbocycles. The first-order chi connectivity index (χ1) is 17.5. The Morgan fingerprint density at radius 3 is 2.35 bits per heavy atom. The molecule has 37 heavy (non-hydrogen) atoms. The Morgan fingerprint density at radius 1 is 1.08 bits per heavy atom. The summed E-state index contributed by atoms with van der Waals surface area (Å²) in [5.74, 6) is 0.416. The highest BCUT2D eigenvalue weighted by Gasteiger charge is 2.33. The minimum absolute atomic E-state index is 0.0865. The van der Waals surface area contributed by atoms with E-state index in [1.54, 1.807) is 20.8 Å². The van der Waals surface area contributed by atoms with Gasteiger partial charge >= 0.3 is 18.2 Å². The molecule has 0 saturated carbocycles. The Balaban J connectivity index is 1.28. The zero-order chi connectivity index (χ0) is 27.0. The third kappa shape index (κ3) is 9.66. The van der Waals surface area contributed by atoms with Gasteiger partial charge in [0.15, 0.2) is 0 Å². The van der Waals surface area contributed by atoms with E-state index in [0.29, 0.717) is 25.6 Å². The van der Waals surface area contributed by atoms with E-state index in [9.17, 15) is 14.4 Å². The lowest BCUT2D eigenvalue weighted by Crippen LogP contribution is -2.50. The van der Waals surface area contributed by atoms with Crippen molar-refractivity contribution in [1.29, 1.82) is 5.41 Å². The van der Waals surface area contributed by atoms with Gasteiger partial charge in [0.05, 0.1) is 20.2 Å². The Labute approximate surface area is 220 Å². The summed E-state index contributed by atoms with van der Waals surface area (Å²) in [6.45, 7) is 12.5. The van der Waals surface area contributed by atoms with Crippen molar-refractivity contribution in [2.75, 3.05) is 72.6 Å². The number of rotatable bonds is 8. The normalized spacial score (nSPS) is 22.1. The van der Waals surface area contributed by atoms with Crippen LogP contribution in [0.15, 0.2) is 0 Å². The number of cyclic esters (lactones) is 1. The molecule has 3 aliphatic rings. The van der Waals surface area contributed by atoms with E-state index in [0.717, 1.165) is 71.5 Å². The van der Waals surface area contributed by atoms with E-state index in [4.69, 9.17) is 19.6 Å². The fraction of sp³-hybridized carbons (Fsp3) is 0.840. The zero-order valence-corrected chi connectivity index (χ0v) is 22.8. The number of ether oxygens (including phenoxy) is 3. The first-order valence-electron chi connectivity index (χ1n) is 13.3. The lowest BCUT2D eigenvalue weighted by atomic mass is 9.92. The fourth-order valence-electron chi connectivity index (χ4n) is 5.01. The summed E-state index contributed by atoms with van der Waals surface area (Å²) >= 11 is 0. The van der Waals surface area contributed by atoms with Crippen LogP contribution in [0.3, 0.4) is 0 Å². The molecule has 3 fully saturated rings. The number of amides is 2. The van der Waals surface area contributed by atoms with Crippen LogP contribution < -0.4 is 5.32 Å². The summed E-state index contributed by atoms with van der Waals surface area (Å²) in [6.07, 6.45) is 2.90. The smallest absolute Gasteiger partial charge is 0.414 e. The molecule has 3 rings (SSSR count). The summed E-state index contributed by atoms with van der Waals surface area (Å²) in [5.41, 5.74) is -0.596. The molecule has 0 spiro atoms. The first-order valence-corrected chi connectivity index (χ1v) is 13.3. The van der Waals surface area contributed by atoms with E-state index in [1.165, 1.54) is 7.11 Å². The van der Waals surface area contributed by atoms with Gasteiger partial charge in [0.25, 0.3) is 0 Å². The Bertz CT molecular complexity index is 802. The minimum atomic E-state index is -0.601. The van der Waals surface area contributed by atoms with Crippen LogP contribution in [0, 0.1) is 11.3 Å². The van der Waals surface area contributed by atoms with Gasteiger partial charge in [-0.2, -0.15) is 0 Å². The second kappa shape index (κ2) is 13.3. The number of hydrogen-bond donors (Lipinski definition) is 2. The largest absolute Gasteiger partial charge is 0.468 e. The first kappa shape index (κ1) is 29.0. The molecule has 210 valence electrons. The van der Waals surface area contributed by atoms with Crippen molar-refractivity contribution in [2.24, 2.45) is 5.92 Å². The lowest BCUT2D eigenvalue weighted by Gasteiger charge is -2.34. The molecular formula is C25H44N6O6. The second-order valence-corrected chi connectivity index (χ2v) is 11.2. The minimum Gasteiger partial charge on any atom is -0.468 e. The summed E-state index contributed by atoms with van der Waals surface area (Å²) in [5, 5.41) is 10.7. The van der Waals surface area contributed by atoms with Gasteiger partial charge in [-0.1, -0.05) is 0 Å². The number of methoxy groups -OCH3 is 1. The van der Waals surface area contributed by atoms with E-state index in [2.05, 4.69) is 15.1 Å². The summed E-state index contributed by atoms with van der Waals surface area (Å²) in [7, 11) is 1.41. The maximum absolute atomic E-state index is 12.4. The van der Waals surface area contributed by atoms with Crippen LogP contribution in [0.4, 0.5) is 9.59 Å². The number of hydrogen-bond acceptors (Lipinski definition) is 9. The van der Waals surface area contributed by atoms with Gasteiger partial charge in [0.2, 0.25) is 5.96 Å². The number of nitrogens with zero attached hydrogens (tertiary/aromatic N) is 4. The number of carbonyl (C=O) groups is 3. The van der Waals surface area contributed by atoms with Gasteiger partial charge < -0.3 is 24.0 Å². The van der Waals surface area contributed by atoms with Crippen LogP contribution >= 0.6 is 0 Å². The van der Waals surface area contributed by atoms with Crippen molar-refractivity contribution in [1.82, 2.24) is 24.9 Å². The standard InChI is InChI=1S/C25H44N6O6/c1-25(2,3)37-23(33)27-22(26)30-10-7-19(8-11-30)6-5-9-31-17-20(36-24(31)34)16-28-12-14-29(15-13-28)18-21(32)35-4/h19-20H,5-18H2,1-4H3,(H2,26,27,33). The molecule has 12 heteroatoms. The van der Waals surface area contributed by atoms with Gasteiger partial charge in [-0.3, -0.25) is 25.3 Å².